The number of hydrogen-bond donors (Lipinski definition) is 2. The van der Waals surface area contributed by atoms with Crippen LogP contribution in [0.4, 0.5) is 11.6 Å². The Kier molecular flexibility index (Phi) is 3.86. The van der Waals surface area contributed by atoms with Crippen molar-refractivity contribution in [2.75, 3.05) is 12.5 Å². The van der Waals surface area contributed by atoms with E-state index in [2.05, 4.69) is 25.7 Å². The Morgan fingerprint density at radius 1 is 1.17 bits per heavy atom. The van der Waals surface area contributed by atoms with Crippen LogP contribution in [0.15, 0.2) is 44.2 Å². The molecule has 0 aliphatic carbocycles. The number of ether oxygens (including phenoxy) is 1. The highest BCUT2D eigenvalue weighted by Gasteiger charge is 2.12. The standard InChI is InChI=1S/C14H15N7O3/c1-20-11-10(12(22)21(2)14(20)23)15-13(16-11)18-19-17-8-4-6-9(24-3)7-5-8/h4-7H,1-3H3,(H2,15,16,17,18). The van der Waals surface area contributed by atoms with E-state index >= 15 is 0 Å². The summed E-state index contributed by atoms with van der Waals surface area (Å²) in [5.74, 6) is 0.843. The maximum Gasteiger partial charge on any atom is 0.332 e. The molecule has 1 aromatic carbocycles. The highest BCUT2D eigenvalue weighted by atomic mass is 16.5. The fourth-order valence-corrected chi connectivity index (χ4v) is 2.16. The predicted molar refractivity (Wildman–Crippen MR) is 87.7 cm³/mol. The smallest absolute Gasteiger partial charge is 0.332 e. The third-order valence-electron chi connectivity index (χ3n) is 3.50. The number of benzene rings is 1. The molecule has 0 aliphatic rings. The molecule has 3 rings (SSSR count). The molecule has 24 heavy (non-hydrogen) atoms. The first-order chi connectivity index (χ1) is 11.5. The molecule has 0 atom stereocenters. The molecule has 10 heteroatoms. The normalized spacial score (nSPS) is 11.3. The van der Waals surface area contributed by atoms with Crippen molar-refractivity contribution in [2.24, 2.45) is 24.4 Å². The van der Waals surface area contributed by atoms with Crippen molar-refractivity contribution in [1.82, 2.24) is 19.1 Å². The van der Waals surface area contributed by atoms with Gasteiger partial charge < -0.3 is 9.72 Å². The molecule has 10 nitrogen and oxygen atoms in total. The van der Waals surface area contributed by atoms with E-state index in [9.17, 15) is 9.59 Å². The number of fused-ring (bicyclic) bond motifs is 1. The first-order valence-corrected chi connectivity index (χ1v) is 6.98. The summed E-state index contributed by atoms with van der Waals surface area (Å²) in [5, 5.41) is 7.69. The number of nitrogens with zero attached hydrogens (tertiary/aromatic N) is 5. The van der Waals surface area contributed by atoms with Gasteiger partial charge in [-0.3, -0.25) is 19.4 Å². The third-order valence-corrected chi connectivity index (χ3v) is 3.50. The second kappa shape index (κ2) is 5.99. The molecule has 0 fully saturated rings. The second-order valence-electron chi connectivity index (χ2n) is 5.01. The lowest BCUT2D eigenvalue weighted by Gasteiger charge is -2.00. The van der Waals surface area contributed by atoms with Crippen LogP contribution in [-0.4, -0.2) is 26.2 Å². The predicted octanol–water partition coefficient (Wildman–Crippen LogP) is 1.08. The van der Waals surface area contributed by atoms with Crippen LogP contribution >= 0.6 is 0 Å². The van der Waals surface area contributed by atoms with Gasteiger partial charge in [0, 0.05) is 14.1 Å². The van der Waals surface area contributed by atoms with E-state index in [1.54, 1.807) is 31.4 Å². The summed E-state index contributed by atoms with van der Waals surface area (Å²) in [5.41, 5.74) is 2.93. The molecule has 0 radical (unpaired) electrons. The molecule has 0 amide bonds. The Labute approximate surface area is 135 Å². The Balaban J connectivity index is 1.87. The van der Waals surface area contributed by atoms with Gasteiger partial charge in [-0.1, -0.05) is 10.3 Å². The van der Waals surface area contributed by atoms with Crippen LogP contribution in [-0.2, 0) is 14.1 Å². The number of hydrogen-bond acceptors (Lipinski definition) is 6. The van der Waals surface area contributed by atoms with E-state index in [0.29, 0.717) is 5.69 Å². The summed E-state index contributed by atoms with van der Waals surface area (Å²) in [7, 11) is 4.51. The number of nitrogens with one attached hydrogen (secondary N) is 2. The quantitative estimate of drug-likeness (QED) is 0.548. The van der Waals surface area contributed by atoms with E-state index in [4.69, 9.17) is 4.74 Å². The molecule has 0 aliphatic heterocycles. The van der Waals surface area contributed by atoms with Crippen LogP contribution in [0.3, 0.4) is 0 Å². The fraction of sp³-hybridized carbons (Fsp3) is 0.214. The molecule has 0 spiro atoms. The minimum Gasteiger partial charge on any atom is -0.497 e. The Bertz CT molecular complexity index is 1030. The Hall–Kier alpha value is -3.43. The van der Waals surface area contributed by atoms with E-state index < -0.39 is 11.2 Å². The molecular weight excluding hydrogens is 314 g/mol. The highest BCUT2D eigenvalue weighted by molar-refractivity contribution is 5.71. The van der Waals surface area contributed by atoms with Gasteiger partial charge >= 0.3 is 5.69 Å². The number of H-pyrrole nitrogens is 1. The number of aromatic amines is 1. The summed E-state index contributed by atoms with van der Waals surface area (Å²) < 4.78 is 7.33. The summed E-state index contributed by atoms with van der Waals surface area (Å²) in [6.45, 7) is 0. The van der Waals surface area contributed by atoms with Crippen LogP contribution < -0.4 is 21.4 Å². The van der Waals surface area contributed by atoms with Crippen LogP contribution in [0.2, 0.25) is 0 Å². The van der Waals surface area contributed by atoms with Crippen LogP contribution in [0.5, 0.6) is 5.75 Å². The average Bonchev–Trinajstić information content (AvgIpc) is 3.03. The molecule has 2 N–H and O–H groups in total. The van der Waals surface area contributed by atoms with Crippen LogP contribution in [0, 0.1) is 0 Å². The number of methoxy groups -OCH3 is 1. The van der Waals surface area contributed by atoms with Gasteiger partial charge in [-0.05, 0) is 24.3 Å². The number of rotatable bonds is 4. The molecule has 3 aromatic rings. The number of imidazole rings is 1. The van der Waals surface area contributed by atoms with Crippen molar-refractivity contribution in [1.29, 1.82) is 0 Å². The van der Waals surface area contributed by atoms with Gasteiger partial charge in [0.05, 0.1) is 12.8 Å². The van der Waals surface area contributed by atoms with Crippen LogP contribution in [0.1, 0.15) is 0 Å². The molecule has 0 saturated carbocycles. The van der Waals surface area contributed by atoms with Crippen molar-refractivity contribution >= 4 is 22.8 Å². The van der Waals surface area contributed by atoms with Crippen LogP contribution in [0.25, 0.3) is 11.2 Å². The molecule has 0 bridgehead atoms. The zero-order chi connectivity index (χ0) is 17.3. The Morgan fingerprint density at radius 3 is 2.54 bits per heavy atom. The van der Waals surface area contributed by atoms with Gasteiger partial charge in [-0.2, -0.15) is 4.98 Å². The number of aryl methyl sites for hydroxylation is 1. The van der Waals surface area contributed by atoms with Crippen molar-refractivity contribution in [3.63, 3.8) is 0 Å². The first-order valence-electron chi connectivity index (χ1n) is 6.98. The van der Waals surface area contributed by atoms with Crippen molar-refractivity contribution < 1.29 is 4.74 Å². The zero-order valence-corrected chi connectivity index (χ0v) is 13.3. The van der Waals surface area contributed by atoms with E-state index in [1.165, 1.54) is 18.7 Å². The van der Waals surface area contributed by atoms with E-state index in [-0.39, 0.29) is 17.1 Å². The molecular formula is C14H15N7O3. The SMILES string of the molecule is COc1ccc(NN=Nc2nc3c([nH]2)c(=O)n(C)c(=O)n3C)cc1. The molecule has 2 heterocycles. The lowest BCUT2D eigenvalue weighted by Crippen LogP contribution is -2.36. The van der Waals surface area contributed by atoms with Crippen molar-refractivity contribution in [3.8, 4) is 5.75 Å². The van der Waals surface area contributed by atoms with Gasteiger partial charge in [-0.15, -0.1) is 0 Å². The van der Waals surface area contributed by atoms with E-state index in [1.807, 2.05) is 0 Å². The lowest BCUT2D eigenvalue weighted by molar-refractivity contribution is 0.415. The molecule has 124 valence electrons. The molecule has 0 unspecified atom stereocenters. The topological polar surface area (TPSA) is 119 Å². The van der Waals surface area contributed by atoms with Crippen molar-refractivity contribution in [2.45, 2.75) is 0 Å². The largest absolute Gasteiger partial charge is 0.497 e. The van der Waals surface area contributed by atoms with Gasteiger partial charge in [-0.25, -0.2) is 4.79 Å². The molecule has 0 saturated heterocycles. The first kappa shape index (κ1) is 15.5. The molecule has 2 aromatic heterocycles. The Morgan fingerprint density at radius 2 is 1.88 bits per heavy atom. The fourth-order valence-electron chi connectivity index (χ4n) is 2.16. The summed E-state index contributed by atoms with van der Waals surface area (Å²) in [4.78, 5) is 30.8. The van der Waals surface area contributed by atoms with Gasteiger partial charge in [0.25, 0.3) is 11.5 Å². The van der Waals surface area contributed by atoms with Gasteiger partial charge in [0.15, 0.2) is 11.2 Å². The van der Waals surface area contributed by atoms with Crippen molar-refractivity contribution in [3.05, 3.63) is 45.1 Å². The highest BCUT2D eigenvalue weighted by Crippen LogP contribution is 2.16. The summed E-state index contributed by atoms with van der Waals surface area (Å²) >= 11 is 0. The minimum absolute atomic E-state index is 0.115. The maximum absolute atomic E-state index is 12.0. The number of anilines is 1. The minimum atomic E-state index is -0.467. The monoisotopic (exact) mass is 329 g/mol. The van der Waals surface area contributed by atoms with E-state index in [0.717, 1.165) is 10.3 Å². The second-order valence-corrected chi connectivity index (χ2v) is 5.01. The third kappa shape index (κ3) is 2.64. The van der Waals surface area contributed by atoms with Gasteiger partial charge in [0.1, 0.15) is 5.75 Å². The summed E-state index contributed by atoms with van der Waals surface area (Å²) in [6.07, 6.45) is 0. The van der Waals surface area contributed by atoms with Gasteiger partial charge in [0.2, 0.25) is 0 Å². The maximum atomic E-state index is 12.0. The lowest BCUT2D eigenvalue weighted by atomic mass is 10.3. The number of aromatic nitrogens is 4. The zero-order valence-electron chi connectivity index (χ0n) is 13.3. The average molecular weight is 329 g/mol. The summed E-state index contributed by atoms with van der Waals surface area (Å²) in [6, 6.07) is 7.10.